The standard InChI is InChI=1S/C24H25FN2O6/c1-5-32-15-11-17(19(25)18(28)12-15)20(22(29)30)27-14-6-7-16-13(10-14)8-9-26-21(16)23(31)33-24(2,3)4/h6-12,20,27-28H,5H2,1-4H3,(H,29,30). The van der Waals surface area contributed by atoms with Crippen molar-refractivity contribution < 1.29 is 33.7 Å². The van der Waals surface area contributed by atoms with Gasteiger partial charge in [0.15, 0.2) is 23.3 Å². The zero-order valence-corrected chi connectivity index (χ0v) is 18.7. The van der Waals surface area contributed by atoms with Crippen LogP contribution in [0.3, 0.4) is 0 Å². The van der Waals surface area contributed by atoms with Gasteiger partial charge in [0.05, 0.1) is 6.61 Å². The lowest BCUT2D eigenvalue weighted by molar-refractivity contribution is -0.138. The second kappa shape index (κ2) is 9.32. The number of aliphatic carboxylic acids is 1. The molecule has 1 heterocycles. The lowest BCUT2D eigenvalue weighted by Gasteiger charge is -2.20. The number of benzene rings is 2. The van der Waals surface area contributed by atoms with Crippen molar-refractivity contribution >= 4 is 28.4 Å². The summed E-state index contributed by atoms with van der Waals surface area (Å²) in [5, 5.41) is 23.5. The van der Waals surface area contributed by atoms with Crippen molar-refractivity contribution in [2.45, 2.75) is 39.3 Å². The second-order valence-electron chi connectivity index (χ2n) is 8.29. The average molecular weight is 456 g/mol. The molecule has 3 aromatic rings. The summed E-state index contributed by atoms with van der Waals surface area (Å²) in [5.74, 6) is -3.56. The monoisotopic (exact) mass is 456 g/mol. The van der Waals surface area contributed by atoms with Crippen LogP contribution in [0.5, 0.6) is 11.5 Å². The Morgan fingerprint density at radius 1 is 1.18 bits per heavy atom. The number of ether oxygens (including phenoxy) is 2. The number of phenols is 1. The molecule has 1 aromatic heterocycles. The third kappa shape index (κ3) is 5.49. The molecule has 174 valence electrons. The normalized spacial score (nSPS) is 12.3. The minimum absolute atomic E-state index is 0.129. The number of nitrogens with one attached hydrogen (secondary N) is 1. The zero-order chi connectivity index (χ0) is 24.3. The van der Waals surface area contributed by atoms with Crippen LogP contribution in [0.1, 0.15) is 49.8 Å². The number of nitrogens with zero attached hydrogens (tertiary/aromatic N) is 1. The van der Waals surface area contributed by atoms with Gasteiger partial charge in [-0.15, -0.1) is 0 Å². The molecule has 3 rings (SSSR count). The number of phenolic OH excluding ortho intramolecular Hbond substituents is 1. The zero-order valence-electron chi connectivity index (χ0n) is 18.7. The van der Waals surface area contributed by atoms with Crippen LogP contribution in [0.2, 0.25) is 0 Å². The molecule has 1 unspecified atom stereocenters. The number of carboxylic acid groups (broad SMARTS) is 1. The molecule has 9 heteroatoms. The van der Waals surface area contributed by atoms with Gasteiger partial charge in [-0.2, -0.15) is 0 Å². The van der Waals surface area contributed by atoms with E-state index in [1.807, 2.05) is 0 Å². The van der Waals surface area contributed by atoms with E-state index in [2.05, 4.69) is 10.3 Å². The van der Waals surface area contributed by atoms with E-state index in [0.29, 0.717) is 16.5 Å². The Bertz CT molecular complexity index is 1210. The number of rotatable bonds is 7. The fourth-order valence-electron chi connectivity index (χ4n) is 3.26. The van der Waals surface area contributed by atoms with E-state index >= 15 is 0 Å². The van der Waals surface area contributed by atoms with Crippen molar-refractivity contribution in [1.29, 1.82) is 0 Å². The lowest BCUT2D eigenvalue weighted by Crippen LogP contribution is -2.24. The molecule has 33 heavy (non-hydrogen) atoms. The molecular weight excluding hydrogens is 431 g/mol. The first kappa shape index (κ1) is 23.8. The molecule has 0 amide bonds. The van der Waals surface area contributed by atoms with Gasteiger partial charge in [-0.05, 0) is 63.4 Å². The van der Waals surface area contributed by atoms with E-state index in [1.54, 1.807) is 52.0 Å². The summed E-state index contributed by atoms with van der Waals surface area (Å²) in [6, 6.07) is 7.24. The van der Waals surface area contributed by atoms with Crippen molar-refractivity contribution in [3.05, 3.63) is 59.7 Å². The smallest absolute Gasteiger partial charge is 0.358 e. The lowest BCUT2D eigenvalue weighted by atomic mass is 10.0. The van der Waals surface area contributed by atoms with Crippen LogP contribution in [0.15, 0.2) is 42.6 Å². The molecule has 0 saturated heterocycles. The summed E-state index contributed by atoms with van der Waals surface area (Å²) in [5.41, 5.74) is -0.487. The number of aromatic hydroxyl groups is 1. The van der Waals surface area contributed by atoms with Crippen LogP contribution in [0, 0.1) is 5.82 Å². The van der Waals surface area contributed by atoms with Crippen molar-refractivity contribution in [3.63, 3.8) is 0 Å². The molecule has 0 radical (unpaired) electrons. The molecule has 0 fully saturated rings. The number of pyridine rings is 1. The molecule has 0 aliphatic heterocycles. The van der Waals surface area contributed by atoms with Crippen LogP contribution in [0.25, 0.3) is 10.8 Å². The molecule has 0 saturated carbocycles. The molecular formula is C24H25FN2O6. The Kier molecular flexibility index (Phi) is 6.71. The van der Waals surface area contributed by atoms with Gasteiger partial charge in [0.1, 0.15) is 11.4 Å². The number of halogens is 1. The maximum atomic E-state index is 14.6. The summed E-state index contributed by atoms with van der Waals surface area (Å²) >= 11 is 0. The Morgan fingerprint density at radius 3 is 2.55 bits per heavy atom. The molecule has 0 spiro atoms. The molecule has 8 nitrogen and oxygen atoms in total. The first-order chi connectivity index (χ1) is 15.5. The summed E-state index contributed by atoms with van der Waals surface area (Å²) in [7, 11) is 0. The van der Waals surface area contributed by atoms with E-state index in [-0.39, 0.29) is 23.6 Å². The van der Waals surface area contributed by atoms with Gasteiger partial charge in [0.2, 0.25) is 0 Å². The van der Waals surface area contributed by atoms with Crippen molar-refractivity contribution in [2.75, 3.05) is 11.9 Å². The van der Waals surface area contributed by atoms with Crippen molar-refractivity contribution in [2.24, 2.45) is 0 Å². The number of carboxylic acids is 1. The third-order valence-corrected chi connectivity index (χ3v) is 4.59. The summed E-state index contributed by atoms with van der Waals surface area (Å²) in [6.07, 6.45) is 1.45. The highest BCUT2D eigenvalue weighted by Crippen LogP contribution is 2.33. The predicted octanol–water partition coefficient (Wildman–Crippen LogP) is 4.67. The Morgan fingerprint density at radius 2 is 1.91 bits per heavy atom. The van der Waals surface area contributed by atoms with E-state index in [0.717, 1.165) is 6.07 Å². The highest BCUT2D eigenvalue weighted by Gasteiger charge is 2.27. The molecule has 0 aliphatic rings. The van der Waals surface area contributed by atoms with Crippen LogP contribution in [-0.4, -0.2) is 39.3 Å². The molecule has 3 N–H and O–H groups in total. The minimum Gasteiger partial charge on any atom is -0.505 e. The molecule has 2 aromatic carbocycles. The van der Waals surface area contributed by atoms with Crippen molar-refractivity contribution in [3.8, 4) is 11.5 Å². The number of hydrogen-bond acceptors (Lipinski definition) is 7. The van der Waals surface area contributed by atoms with Crippen LogP contribution in [0.4, 0.5) is 10.1 Å². The fourth-order valence-corrected chi connectivity index (χ4v) is 3.26. The van der Waals surface area contributed by atoms with Crippen LogP contribution < -0.4 is 10.1 Å². The van der Waals surface area contributed by atoms with E-state index < -0.39 is 35.1 Å². The van der Waals surface area contributed by atoms with Gasteiger partial charge in [-0.3, -0.25) is 0 Å². The Balaban J connectivity index is 1.98. The highest BCUT2D eigenvalue weighted by atomic mass is 19.1. The number of carbonyl (C=O) groups is 2. The van der Waals surface area contributed by atoms with Crippen LogP contribution in [-0.2, 0) is 9.53 Å². The van der Waals surface area contributed by atoms with E-state index in [9.17, 15) is 24.2 Å². The number of carbonyl (C=O) groups excluding carboxylic acids is 1. The first-order valence-electron chi connectivity index (χ1n) is 10.3. The quantitative estimate of drug-likeness (QED) is 0.439. The first-order valence-corrected chi connectivity index (χ1v) is 10.3. The second-order valence-corrected chi connectivity index (χ2v) is 8.29. The highest BCUT2D eigenvalue weighted by molar-refractivity contribution is 6.03. The van der Waals surface area contributed by atoms with E-state index in [1.165, 1.54) is 12.3 Å². The maximum absolute atomic E-state index is 14.6. The van der Waals surface area contributed by atoms with Crippen LogP contribution >= 0.6 is 0 Å². The molecule has 0 bridgehead atoms. The fraction of sp³-hybridized carbons (Fsp3) is 0.292. The predicted molar refractivity (Wildman–Crippen MR) is 120 cm³/mol. The number of esters is 1. The number of anilines is 1. The minimum atomic E-state index is -1.51. The SMILES string of the molecule is CCOc1cc(O)c(F)c(C(Nc2ccc3c(C(=O)OC(C)(C)C)nccc3c2)C(=O)O)c1. The summed E-state index contributed by atoms with van der Waals surface area (Å²) in [4.78, 5) is 28.6. The van der Waals surface area contributed by atoms with Gasteiger partial charge < -0.3 is 25.0 Å². The summed E-state index contributed by atoms with van der Waals surface area (Å²) in [6.45, 7) is 7.22. The number of hydrogen-bond donors (Lipinski definition) is 3. The number of fused-ring (bicyclic) bond motifs is 1. The van der Waals surface area contributed by atoms with Gasteiger partial charge in [-0.25, -0.2) is 19.0 Å². The maximum Gasteiger partial charge on any atom is 0.358 e. The van der Waals surface area contributed by atoms with Gasteiger partial charge >= 0.3 is 11.9 Å². The Hall–Kier alpha value is -3.88. The molecule has 1 atom stereocenters. The number of aromatic nitrogens is 1. The van der Waals surface area contributed by atoms with Gasteiger partial charge in [-0.1, -0.05) is 0 Å². The topological polar surface area (TPSA) is 118 Å². The summed E-state index contributed by atoms with van der Waals surface area (Å²) < 4.78 is 25.3. The largest absolute Gasteiger partial charge is 0.505 e. The average Bonchev–Trinajstić information content (AvgIpc) is 2.72. The van der Waals surface area contributed by atoms with Gasteiger partial charge in [0, 0.05) is 28.9 Å². The third-order valence-electron chi connectivity index (χ3n) is 4.59. The van der Waals surface area contributed by atoms with Gasteiger partial charge in [0.25, 0.3) is 0 Å². The molecule has 0 aliphatic carbocycles. The van der Waals surface area contributed by atoms with Crippen molar-refractivity contribution in [1.82, 2.24) is 4.98 Å². The van der Waals surface area contributed by atoms with E-state index in [4.69, 9.17) is 9.47 Å². The Labute approximate surface area is 190 Å².